The molecule has 0 aliphatic carbocycles. The van der Waals surface area contributed by atoms with Crippen LogP contribution in [0.1, 0.15) is 99.7 Å². The molecule has 0 aliphatic rings. The average Bonchev–Trinajstić information content (AvgIpc) is 2.66. The summed E-state index contributed by atoms with van der Waals surface area (Å²) in [5, 5.41) is 13.9. The van der Waals surface area contributed by atoms with Gasteiger partial charge in [-0.15, -0.1) is 0 Å². The van der Waals surface area contributed by atoms with Crippen molar-refractivity contribution in [2.45, 2.75) is 99.6 Å². The summed E-state index contributed by atoms with van der Waals surface area (Å²) in [5.74, 6) is -0.456. The van der Waals surface area contributed by atoms with E-state index in [1.807, 2.05) is 62.3 Å². The van der Waals surface area contributed by atoms with Crippen LogP contribution in [0.5, 0.6) is 11.5 Å². The molecular weight excluding hydrogens is 406 g/mol. The maximum atomic E-state index is 12.9. The molecule has 1 rings (SSSR count). The second-order valence-corrected chi connectivity index (χ2v) is 10.9. The molecule has 1 aromatic rings. The topological polar surface area (TPSA) is 84.9 Å². The highest BCUT2D eigenvalue weighted by molar-refractivity contribution is 5.81. The monoisotopic (exact) mass is 449 g/mol. The zero-order valence-corrected chi connectivity index (χ0v) is 21.4. The van der Waals surface area contributed by atoms with E-state index in [0.717, 1.165) is 12.8 Å². The number of esters is 2. The van der Waals surface area contributed by atoms with Gasteiger partial charge >= 0.3 is 11.9 Å². The zero-order chi connectivity index (χ0) is 24.7. The molecular formula is C26H43NO5. The predicted molar refractivity (Wildman–Crippen MR) is 128 cm³/mol. The van der Waals surface area contributed by atoms with Crippen LogP contribution in [0.15, 0.2) is 18.2 Å². The number of rotatable bonds is 11. The lowest BCUT2D eigenvalue weighted by molar-refractivity contribution is -0.147. The van der Waals surface area contributed by atoms with Crippen LogP contribution < -0.4 is 14.8 Å². The van der Waals surface area contributed by atoms with Crippen molar-refractivity contribution in [3.8, 4) is 11.5 Å². The quantitative estimate of drug-likeness (QED) is 0.339. The SMILES string of the molecule is CCCC(C)(C)C(=O)Oc1ccc(C(O)CNC(C)(C)C)cc1OC(=O)C(C)(C)CCC. The molecule has 1 aromatic carbocycles. The van der Waals surface area contributed by atoms with E-state index in [1.165, 1.54) is 0 Å². The molecule has 0 bridgehead atoms. The van der Waals surface area contributed by atoms with E-state index in [9.17, 15) is 14.7 Å². The summed E-state index contributed by atoms with van der Waals surface area (Å²) in [6.07, 6.45) is 2.23. The van der Waals surface area contributed by atoms with Gasteiger partial charge in [0.2, 0.25) is 0 Å². The number of nitrogens with one attached hydrogen (secondary N) is 1. The highest BCUT2D eigenvalue weighted by Crippen LogP contribution is 2.35. The minimum atomic E-state index is -0.809. The van der Waals surface area contributed by atoms with Crippen LogP contribution in [0, 0.1) is 10.8 Å². The largest absolute Gasteiger partial charge is 0.422 e. The smallest absolute Gasteiger partial charge is 0.317 e. The Balaban J connectivity index is 3.25. The van der Waals surface area contributed by atoms with E-state index in [4.69, 9.17) is 9.47 Å². The number of benzene rings is 1. The average molecular weight is 450 g/mol. The Morgan fingerprint density at radius 3 is 1.78 bits per heavy atom. The van der Waals surface area contributed by atoms with E-state index in [2.05, 4.69) is 5.32 Å². The van der Waals surface area contributed by atoms with Crippen molar-refractivity contribution in [1.82, 2.24) is 5.32 Å². The minimum absolute atomic E-state index is 0.145. The van der Waals surface area contributed by atoms with Gasteiger partial charge in [-0.1, -0.05) is 32.8 Å². The lowest BCUT2D eigenvalue weighted by Gasteiger charge is -2.25. The maximum absolute atomic E-state index is 12.9. The first-order valence-electron chi connectivity index (χ1n) is 11.6. The first kappa shape index (κ1) is 28.1. The van der Waals surface area contributed by atoms with Crippen molar-refractivity contribution in [3.05, 3.63) is 23.8 Å². The van der Waals surface area contributed by atoms with E-state index >= 15 is 0 Å². The fraction of sp³-hybridized carbons (Fsp3) is 0.692. The number of β-amino-alcohol motifs (C(OH)–C–C–N with tert-alkyl or cyclic N) is 1. The molecule has 0 aliphatic heterocycles. The van der Waals surface area contributed by atoms with Crippen molar-refractivity contribution in [1.29, 1.82) is 0 Å². The second-order valence-electron chi connectivity index (χ2n) is 10.9. The van der Waals surface area contributed by atoms with Gasteiger partial charge in [0.1, 0.15) is 0 Å². The van der Waals surface area contributed by atoms with Crippen LogP contribution in [-0.4, -0.2) is 29.1 Å². The van der Waals surface area contributed by atoms with E-state index in [-0.39, 0.29) is 23.0 Å². The van der Waals surface area contributed by atoms with Gasteiger partial charge < -0.3 is 19.9 Å². The summed E-state index contributed by atoms with van der Waals surface area (Å²) < 4.78 is 11.4. The molecule has 2 N–H and O–H groups in total. The molecule has 32 heavy (non-hydrogen) atoms. The highest BCUT2D eigenvalue weighted by Gasteiger charge is 2.32. The predicted octanol–water partition coefficient (Wildman–Crippen LogP) is 5.57. The van der Waals surface area contributed by atoms with Crippen molar-refractivity contribution >= 4 is 11.9 Å². The molecule has 0 radical (unpaired) electrons. The van der Waals surface area contributed by atoms with Crippen molar-refractivity contribution < 1.29 is 24.2 Å². The summed E-state index contributed by atoms with van der Waals surface area (Å²) >= 11 is 0. The summed E-state index contributed by atoms with van der Waals surface area (Å²) in [5.41, 5.74) is -0.919. The first-order chi connectivity index (χ1) is 14.6. The molecule has 182 valence electrons. The normalized spacial score (nSPS) is 13.6. The van der Waals surface area contributed by atoms with E-state index in [0.29, 0.717) is 24.9 Å². The fourth-order valence-electron chi connectivity index (χ4n) is 3.35. The Morgan fingerprint density at radius 1 is 0.875 bits per heavy atom. The van der Waals surface area contributed by atoms with Crippen molar-refractivity contribution in [2.75, 3.05) is 6.54 Å². The van der Waals surface area contributed by atoms with Crippen LogP contribution in [0.2, 0.25) is 0 Å². The number of ether oxygens (including phenoxy) is 2. The zero-order valence-electron chi connectivity index (χ0n) is 21.4. The molecule has 6 heteroatoms. The third-order valence-corrected chi connectivity index (χ3v) is 5.44. The van der Waals surface area contributed by atoms with Gasteiger partial charge in [-0.2, -0.15) is 0 Å². The van der Waals surface area contributed by atoms with Crippen molar-refractivity contribution in [3.63, 3.8) is 0 Å². The van der Waals surface area contributed by atoms with Crippen LogP contribution in [0.25, 0.3) is 0 Å². The molecule has 0 saturated carbocycles. The van der Waals surface area contributed by atoms with Crippen LogP contribution in [0.4, 0.5) is 0 Å². The molecule has 0 fully saturated rings. The van der Waals surface area contributed by atoms with Crippen molar-refractivity contribution in [2.24, 2.45) is 10.8 Å². The molecule has 0 saturated heterocycles. The Morgan fingerprint density at radius 2 is 1.34 bits per heavy atom. The summed E-state index contributed by atoms with van der Waals surface area (Å²) in [6.45, 7) is 17.8. The van der Waals surface area contributed by atoms with Gasteiger partial charge in [0, 0.05) is 12.1 Å². The first-order valence-corrected chi connectivity index (χ1v) is 11.6. The molecule has 0 aromatic heterocycles. The summed E-state index contributed by atoms with van der Waals surface area (Å²) in [6, 6.07) is 4.87. The number of carbonyl (C=O) groups excluding carboxylic acids is 2. The van der Waals surface area contributed by atoms with Gasteiger partial charge in [-0.05, 0) is 79.0 Å². The fourth-order valence-corrected chi connectivity index (χ4v) is 3.35. The summed E-state index contributed by atoms with van der Waals surface area (Å²) in [7, 11) is 0. The van der Waals surface area contributed by atoms with Gasteiger partial charge in [0.25, 0.3) is 0 Å². The van der Waals surface area contributed by atoms with Gasteiger partial charge in [-0.25, -0.2) is 0 Å². The number of hydrogen-bond acceptors (Lipinski definition) is 6. The molecule has 0 heterocycles. The summed E-state index contributed by atoms with van der Waals surface area (Å²) in [4.78, 5) is 25.6. The number of hydrogen-bond donors (Lipinski definition) is 2. The Hall–Kier alpha value is -1.92. The lowest BCUT2D eigenvalue weighted by atomic mass is 9.88. The minimum Gasteiger partial charge on any atom is -0.422 e. The van der Waals surface area contributed by atoms with Gasteiger partial charge in [0.05, 0.1) is 16.9 Å². The number of carbonyl (C=O) groups is 2. The lowest BCUT2D eigenvalue weighted by Crippen LogP contribution is -2.38. The Labute approximate surface area is 194 Å². The molecule has 0 amide bonds. The Kier molecular flexibility index (Phi) is 9.91. The molecule has 0 spiro atoms. The van der Waals surface area contributed by atoms with Gasteiger partial charge in [0.15, 0.2) is 11.5 Å². The number of aliphatic hydroxyl groups excluding tert-OH is 1. The molecule has 6 nitrogen and oxygen atoms in total. The Bertz CT molecular complexity index is 777. The molecule has 1 atom stereocenters. The maximum Gasteiger partial charge on any atom is 0.317 e. The molecule has 1 unspecified atom stereocenters. The third kappa shape index (κ3) is 8.55. The van der Waals surface area contributed by atoms with Crippen LogP contribution in [0.3, 0.4) is 0 Å². The standard InChI is InChI=1S/C26H43NO5/c1-10-14-25(6,7)22(29)31-20-13-12-18(19(28)17-27-24(3,4)5)16-21(20)32-23(30)26(8,9)15-11-2/h12-13,16,19,27-28H,10-11,14-15,17H2,1-9H3. The van der Waals surface area contributed by atoms with E-state index < -0.39 is 22.9 Å². The van der Waals surface area contributed by atoms with Crippen LogP contribution in [-0.2, 0) is 9.59 Å². The highest BCUT2D eigenvalue weighted by atomic mass is 16.6. The third-order valence-electron chi connectivity index (χ3n) is 5.44. The number of aliphatic hydroxyl groups is 1. The van der Waals surface area contributed by atoms with E-state index in [1.54, 1.807) is 18.2 Å². The second kappa shape index (κ2) is 11.3. The van der Waals surface area contributed by atoms with Crippen LogP contribution >= 0.6 is 0 Å². The van der Waals surface area contributed by atoms with Gasteiger partial charge in [-0.3, -0.25) is 9.59 Å².